The first-order valence-electron chi connectivity index (χ1n) is 4.59. The second-order valence-electron chi connectivity index (χ2n) is 4.78. The number of hydrogen-bond acceptors (Lipinski definition) is 2. The monoisotopic (exact) mass is 186 g/mol. The quantitative estimate of drug-likeness (QED) is 0.623. The van der Waals surface area contributed by atoms with Gasteiger partial charge in [-0.25, -0.2) is 4.79 Å². The van der Waals surface area contributed by atoms with Crippen molar-refractivity contribution in [2.24, 2.45) is 5.41 Å². The molecule has 0 aliphatic carbocycles. The summed E-state index contributed by atoms with van der Waals surface area (Å²) < 4.78 is 0. The van der Waals surface area contributed by atoms with E-state index in [2.05, 4.69) is 26.1 Å². The Bertz CT molecular complexity index is 192. The lowest BCUT2D eigenvalue weighted by molar-refractivity contribution is 0.0261. The van der Waals surface area contributed by atoms with Gasteiger partial charge < -0.3 is 15.3 Å². The van der Waals surface area contributed by atoms with Crippen LogP contribution < -0.4 is 5.32 Å². The second-order valence-corrected chi connectivity index (χ2v) is 4.78. The second kappa shape index (κ2) is 3.54. The maximum atomic E-state index is 11.3. The van der Waals surface area contributed by atoms with Crippen molar-refractivity contribution >= 4 is 6.03 Å². The van der Waals surface area contributed by atoms with Gasteiger partial charge in [0.1, 0.15) is 0 Å². The maximum absolute atomic E-state index is 11.3. The minimum Gasteiger partial charge on any atom is -0.389 e. The van der Waals surface area contributed by atoms with Crippen LogP contribution in [0.1, 0.15) is 20.8 Å². The Kier molecular flexibility index (Phi) is 2.81. The van der Waals surface area contributed by atoms with Crippen LogP contribution in [0.2, 0.25) is 0 Å². The van der Waals surface area contributed by atoms with Crippen LogP contribution in [-0.4, -0.2) is 41.8 Å². The zero-order valence-corrected chi connectivity index (χ0v) is 8.50. The van der Waals surface area contributed by atoms with Gasteiger partial charge in [0, 0.05) is 6.54 Å². The molecule has 1 heterocycles. The summed E-state index contributed by atoms with van der Waals surface area (Å²) in [5.41, 5.74) is 0.110. The van der Waals surface area contributed by atoms with E-state index in [1.807, 2.05) is 0 Å². The van der Waals surface area contributed by atoms with E-state index < -0.39 is 0 Å². The SMILES string of the molecule is CC(C)(C)CNC(=O)N1CC(O)C1. The number of urea groups is 1. The van der Waals surface area contributed by atoms with Crippen LogP contribution in [0.15, 0.2) is 0 Å². The number of rotatable bonds is 1. The third-order valence-electron chi connectivity index (χ3n) is 1.92. The number of β-amino-alcohol motifs (C(OH)–C–C–N with tert-alkyl or cyclic N) is 1. The summed E-state index contributed by atoms with van der Waals surface area (Å²) in [6.45, 7) is 7.80. The molecule has 76 valence electrons. The molecule has 0 aromatic rings. The summed E-state index contributed by atoms with van der Waals surface area (Å²) in [6.07, 6.45) is -0.319. The van der Waals surface area contributed by atoms with E-state index >= 15 is 0 Å². The molecule has 1 aliphatic heterocycles. The molecule has 0 bridgehead atoms. The molecule has 4 heteroatoms. The van der Waals surface area contributed by atoms with E-state index in [1.165, 1.54) is 0 Å². The molecule has 1 rings (SSSR count). The van der Waals surface area contributed by atoms with Crippen LogP contribution in [0.3, 0.4) is 0 Å². The van der Waals surface area contributed by atoms with E-state index in [9.17, 15) is 4.79 Å². The number of amides is 2. The summed E-state index contributed by atoms with van der Waals surface area (Å²) in [6, 6.07) is -0.0692. The molecule has 13 heavy (non-hydrogen) atoms. The minimum atomic E-state index is -0.319. The van der Waals surface area contributed by atoms with E-state index in [0.29, 0.717) is 19.6 Å². The average molecular weight is 186 g/mol. The van der Waals surface area contributed by atoms with Gasteiger partial charge in [-0.15, -0.1) is 0 Å². The number of likely N-dealkylation sites (tertiary alicyclic amines) is 1. The standard InChI is InChI=1S/C9H18N2O2/c1-9(2,3)6-10-8(13)11-4-7(12)5-11/h7,12H,4-6H2,1-3H3,(H,10,13). The van der Waals surface area contributed by atoms with Crippen molar-refractivity contribution in [2.75, 3.05) is 19.6 Å². The fourth-order valence-corrected chi connectivity index (χ4v) is 1.07. The van der Waals surface area contributed by atoms with Gasteiger partial charge in [-0.3, -0.25) is 0 Å². The fraction of sp³-hybridized carbons (Fsp3) is 0.889. The fourth-order valence-electron chi connectivity index (χ4n) is 1.07. The molecule has 0 spiro atoms. The van der Waals surface area contributed by atoms with Crippen LogP contribution in [0.4, 0.5) is 4.79 Å². The number of carbonyl (C=O) groups excluding carboxylic acids is 1. The molecule has 0 unspecified atom stereocenters. The van der Waals surface area contributed by atoms with Crippen molar-refractivity contribution in [3.8, 4) is 0 Å². The molecule has 1 saturated heterocycles. The van der Waals surface area contributed by atoms with Crippen molar-refractivity contribution in [2.45, 2.75) is 26.9 Å². The maximum Gasteiger partial charge on any atom is 0.317 e. The van der Waals surface area contributed by atoms with Gasteiger partial charge in [-0.05, 0) is 5.41 Å². The number of nitrogens with one attached hydrogen (secondary N) is 1. The van der Waals surface area contributed by atoms with Crippen molar-refractivity contribution in [1.29, 1.82) is 0 Å². The molecule has 4 nitrogen and oxygen atoms in total. The molecule has 1 aliphatic rings. The lowest BCUT2D eigenvalue weighted by Crippen LogP contribution is -2.57. The zero-order chi connectivity index (χ0) is 10.1. The highest BCUT2D eigenvalue weighted by Crippen LogP contribution is 2.12. The van der Waals surface area contributed by atoms with Crippen LogP contribution in [0.5, 0.6) is 0 Å². The van der Waals surface area contributed by atoms with Crippen LogP contribution in [-0.2, 0) is 0 Å². The predicted octanol–water partition coefficient (Wildman–Crippen LogP) is 0.419. The first kappa shape index (κ1) is 10.3. The number of aliphatic hydroxyl groups is 1. The van der Waals surface area contributed by atoms with Crippen LogP contribution in [0, 0.1) is 5.41 Å². The molecule has 0 saturated carbocycles. The van der Waals surface area contributed by atoms with Gasteiger partial charge in [-0.1, -0.05) is 20.8 Å². The average Bonchev–Trinajstić information content (AvgIpc) is 1.93. The third-order valence-corrected chi connectivity index (χ3v) is 1.92. The molecule has 0 radical (unpaired) electrons. The molecule has 2 amide bonds. The third kappa shape index (κ3) is 3.22. The summed E-state index contributed by atoms with van der Waals surface area (Å²) >= 11 is 0. The van der Waals surface area contributed by atoms with Gasteiger partial charge in [0.15, 0.2) is 0 Å². The molecular weight excluding hydrogens is 168 g/mol. The largest absolute Gasteiger partial charge is 0.389 e. The Labute approximate surface area is 78.9 Å². The number of carbonyl (C=O) groups is 1. The van der Waals surface area contributed by atoms with Gasteiger partial charge in [0.05, 0.1) is 19.2 Å². The minimum absolute atomic E-state index is 0.0692. The molecule has 2 N–H and O–H groups in total. The van der Waals surface area contributed by atoms with Gasteiger partial charge in [0.25, 0.3) is 0 Å². The highest BCUT2D eigenvalue weighted by molar-refractivity contribution is 5.75. The number of hydrogen-bond donors (Lipinski definition) is 2. The first-order chi connectivity index (χ1) is 5.88. The Hall–Kier alpha value is -0.770. The van der Waals surface area contributed by atoms with E-state index in [-0.39, 0.29) is 17.6 Å². The molecule has 0 atom stereocenters. The van der Waals surface area contributed by atoms with Gasteiger partial charge in [0.2, 0.25) is 0 Å². The zero-order valence-electron chi connectivity index (χ0n) is 8.50. The number of nitrogens with zero attached hydrogens (tertiary/aromatic N) is 1. The summed E-state index contributed by atoms with van der Waals surface area (Å²) in [5, 5.41) is 11.8. The van der Waals surface area contributed by atoms with E-state index in [1.54, 1.807) is 4.90 Å². The summed E-state index contributed by atoms with van der Waals surface area (Å²) in [4.78, 5) is 12.9. The molecule has 1 fully saturated rings. The Morgan fingerprint density at radius 2 is 2.08 bits per heavy atom. The Balaban J connectivity index is 2.19. The van der Waals surface area contributed by atoms with Crippen molar-refractivity contribution in [1.82, 2.24) is 10.2 Å². The molecule has 0 aromatic heterocycles. The smallest absolute Gasteiger partial charge is 0.317 e. The van der Waals surface area contributed by atoms with Gasteiger partial charge in [-0.2, -0.15) is 0 Å². The number of aliphatic hydroxyl groups excluding tert-OH is 1. The Morgan fingerprint density at radius 1 is 1.54 bits per heavy atom. The van der Waals surface area contributed by atoms with E-state index in [4.69, 9.17) is 5.11 Å². The predicted molar refractivity (Wildman–Crippen MR) is 50.4 cm³/mol. The lowest BCUT2D eigenvalue weighted by Gasteiger charge is -2.36. The van der Waals surface area contributed by atoms with Crippen molar-refractivity contribution in [3.63, 3.8) is 0 Å². The van der Waals surface area contributed by atoms with Gasteiger partial charge >= 0.3 is 6.03 Å². The van der Waals surface area contributed by atoms with Crippen LogP contribution >= 0.6 is 0 Å². The summed E-state index contributed by atoms with van der Waals surface area (Å²) in [5.74, 6) is 0. The highest BCUT2D eigenvalue weighted by Gasteiger charge is 2.28. The molecular formula is C9H18N2O2. The van der Waals surface area contributed by atoms with Crippen molar-refractivity contribution in [3.05, 3.63) is 0 Å². The Morgan fingerprint density at radius 3 is 2.46 bits per heavy atom. The normalized spacial score (nSPS) is 18.3. The lowest BCUT2D eigenvalue weighted by atomic mass is 9.97. The first-order valence-corrected chi connectivity index (χ1v) is 4.59. The van der Waals surface area contributed by atoms with E-state index in [0.717, 1.165) is 0 Å². The highest BCUT2D eigenvalue weighted by atomic mass is 16.3. The van der Waals surface area contributed by atoms with Crippen molar-refractivity contribution < 1.29 is 9.90 Å². The topological polar surface area (TPSA) is 52.6 Å². The summed E-state index contributed by atoms with van der Waals surface area (Å²) in [7, 11) is 0. The molecule has 0 aromatic carbocycles. The van der Waals surface area contributed by atoms with Crippen LogP contribution in [0.25, 0.3) is 0 Å².